The van der Waals surface area contributed by atoms with Gasteiger partial charge in [0.1, 0.15) is 5.75 Å². The highest BCUT2D eigenvalue weighted by atomic mass is 79.9. The first-order valence-corrected chi connectivity index (χ1v) is 12.4. The molecule has 1 aliphatic rings. The maximum absolute atomic E-state index is 13.2. The molecule has 0 radical (unpaired) electrons. The second-order valence-corrected chi connectivity index (χ2v) is 10.2. The minimum absolute atomic E-state index is 0.0312. The number of rotatable bonds is 6. The van der Waals surface area contributed by atoms with E-state index in [0.717, 1.165) is 5.56 Å². The number of benzene rings is 2. The Balaban J connectivity index is 1.87. The number of carboxylic acids is 1. The summed E-state index contributed by atoms with van der Waals surface area (Å²) in [5.74, 6) is -1.01. The molecule has 32 heavy (non-hydrogen) atoms. The minimum Gasteiger partial charge on any atom is -0.506 e. The van der Waals surface area contributed by atoms with Gasteiger partial charge < -0.3 is 19.5 Å². The highest BCUT2D eigenvalue weighted by Crippen LogP contribution is 2.40. The van der Waals surface area contributed by atoms with Gasteiger partial charge in [-0.2, -0.15) is 0 Å². The molecule has 9 heteroatoms. The van der Waals surface area contributed by atoms with Crippen molar-refractivity contribution in [3.8, 4) is 5.75 Å². The van der Waals surface area contributed by atoms with Crippen LogP contribution in [0.25, 0.3) is 10.9 Å². The fraction of sp³-hybridized carbons (Fsp3) is 0.348. The lowest BCUT2D eigenvalue weighted by molar-refractivity contribution is 0.0340. The highest BCUT2D eigenvalue weighted by Gasteiger charge is 2.28. The Kier molecular flexibility index (Phi) is 6.71. The molecule has 1 unspecified atom stereocenters. The number of aromatic hydroxyl groups is 1. The maximum Gasteiger partial charge on any atom is 0.338 e. The first-order chi connectivity index (χ1) is 15.3. The molecule has 2 heterocycles. The summed E-state index contributed by atoms with van der Waals surface area (Å²) in [4.78, 5) is 15.3. The molecule has 2 N–H and O–H groups in total. The predicted octanol–water partition coefficient (Wildman–Crippen LogP) is 3.79. The van der Waals surface area contributed by atoms with E-state index in [1.165, 1.54) is 0 Å². The number of carbonyl (C=O) groups is 1. The molecule has 0 bridgehead atoms. The third kappa shape index (κ3) is 4.22. The number of ether oxygens (including phenoxy) is 1. The van der Waals surface area contributed by atoms with Gasteiger partial charge in [-0.05, 0) is 40.5 Å². The molecule has 1 saturated heterocycles. The van der Waals surface area contributed by atoms with Crippen LogP contribution in [0.2, 0.25) is 0 Å². The van der Waals surface area contributed by atoms with Gasteiger partial charge in [-0.1, -0.05) is 18.2 Å². The molecule has 0 saturated carbocycles. The van der Waals surface area contributed by atoms with Crippen molar-refractivity contribution in [1.82, 2.24) is 9.47 Å². The summed E-state index contributed by atoms with van der Waals surface area (Å²) in [6.07, 6.45) is 0. The van der Waals surface area contributed by atoms with Crippen LogP contribution in [-0.2, 0) is 34.9 Å². The van der Waals surface area contributed by atoms with Crippen LogP contribution >= 0.6 is 15.9 Å². The van der Waals surface area contributed by atoms with Crippen LogP contribution in [0.15, 0.2) is 39.7 Å². The van der Waals surface area contributed by atoms with E-state index in [2.05, 4.69) is 20.8 Å². The molecule has 4 rings (SSSR count). The van der Waals surface area contributed by atoms with Gasteiger partial charge in [0.05, 0.1) is 45.3 Å². The Morgan fingerprint density at radius 1 is 1.25 bits per heavy atom. The van der Waals surface area contributed by atoms with Crippen molar-refractivity contribution in [3.63, 3.8) is 0 Å². The van der Waals surface area contributed by atoms with Gasteiger partial charge in [-0.15, -0.1) is 0 Å². The smallest absolute Gasteiger partial charge is 0.338 e. The molecule has 1 aromatic heterocycles. The number of carboxylic acid groups (broad SMARTS) is 1. The molecular formula is C23H25BrN2O5S. The van der Waals surface area contributed by atoms with Crippen LogP contribution in [-0.4, -0.2) is 56.2 Å². The van der Waals surface area contributed by atoms with Crippen molar-refractivity contribution in [2.75, 3.05) is 26.3 Å². The van der Waals surface area contributed by atoms with E-state index in [0.29, 0.717) is 64.4 Å². The molecule has 1 fully saturated rings. The van der Waals surface area contributed by atoms with Crippen molar-refractivity contribution in [2.45, 2.75) is 24.1 Å². The SMILES string of the molecule is Cc1ccccc1S(=O)Cc1c(C(=O)O)c2c(CN3CCOCC3)c(O)c(Br)cc2n1C. The van der Waals surface area contributed by atoms with Gasteiger partial charge in [0.2, 0.25) is 0 Å². The molecule has 0 spiro atoms. The number of aryl methyl sites for hydroxylation is 2. The quantitative estimate of drug-likeness (QED) is 0.513. The van der Waals surface area contributed by atoms with Crippen molar-refractivity contribution >= 4 is 43.6 Å². The molecular weight excluding hydrogens is 496 g/mol. The molecule has 0 aliphatic carbocycles. The largest absolute Gasteiger partial charge is 0.506 e. The predicted molar refractivity (Wildman–Crippen MR) is 127 cm³/mol. The molecule has 1 aliphatic heterocycles. The third-order valence-electron chi connectivity index (χ3n) is 5.94. The van der Waals surface area contributed by atoms with Crippen LogP contribution in [0.1, 0.15) is 27.2 Å². The number of hydrogen-bond donors (Lipinski definition) is 2. The topological polar surface area (TPSA) is 92.0 Å². The fourth-order valence-corrected chi connectivity index (χ4v) is 6.08. The van der Waals surface area contributed by atoms with E-state index in [1.807, 2.05) is 25.1 Å². The maximum atomic E-state index is 13.2. The van der Waals surface area contributed by atoms with E-state index >= 15 is 0 Å². The van der Waals surface area contributed by atoms with E-state index in [-0.39, 0.29) is 17.1 Å². The molecule has 1 atom stereocenters. The number of aromatic nitrogens is 1. The van der Waals surface area contributed by atoms with E-state index in [4.69, 9.17) is 4.74 Å². The number of fused-ring (bicyclic) bond motifs is 1. The van der Waals surface area contributed by atoms with E-state index in [9.17, 15) is 19.2 Å². The summed E-state index contributed by atoms with van der Waals surface area (Å²) in [6, 6.07) is 9.13. The zero-order valence-electron chi connectivity index (χ0n) is 17.9. The van der Waals surface area contributed by atoms with Crippen molar-refractivity contribution in [1.29, 1.82) is 0 Å². The standard InChI is InChI=1S/C23H25BrN2O5S/c1-14-5-3-4-6-19(14)32(30)13-18-21(23(28)29)20-15(12-26-7-9-31-10-8-26)22(27)16(24)11-17(20)25(18)2/h3-6,11,27H,7-10,12-13H2,1-2H3,(H,28,29). The summed E-state index contributed by atoms with van der Waals surface area (Å²) >= 11 is 3.42. The lowest BCUT2D eigenvalue weighted by Gasteiger charge is -2.27. The number of phenols is 1. The molecule has 0 amide bonds. The summed E-state index contributed by atoms with van der Waals surface area (Å²) in [5, 5.41) is 21.5. The second kappa shape index (κ2) is 9.35. The number of morpholine rings is 1. The zero-order chi connectivity index (χ0) is 23.0. The Labute approximate surface area is 197 Å². The molecule has 170 valence electrons. The van der Waals surface area contributed by atoms with Gasteiger partial charge in [-0.3, -0.25) is 9.11 Å². The van der Waals surface area contributed by atoms with Gasteiger partial charge in [0, 0.05) is 48.2 Å². The summed E-state index contributed by atoms with van der Waals surface area (Å²) < 4.78 is 20.9. The monoisotopic (exact) mass is 520 g/mol. The van der Waals surface area contributed by atoms with Crippen LogP contribution in [0.5, 0.6) is 5.75 Å². The van der Waals surface area contributed by atoms with Gasteiger partial charge >= 0.3 is 5.97 Å². The number of nitrogens with zero attached hydrogens (tertiary/aromatic N) is 2. The number of aromatic carboxylic acids is 1. The summed E-state index contributed by atoms with van der Waals surface area (Å²) in [5.41, 5.74) is 2.68. The Morgan fingerprint density at radius 2 is 1.94 bits per heavy atom. The number of halogens is 1. The summed E-state index contributed by atoms with van der Waals surface area (Å²) in [7, 11) is 0.360. The third-order valence-corrected chi connectivity index (χ3v) is 8.03. The number of hydrogen-bond acceptors (Lipinski definition) is 5. The van der Waals surface area contributed by atoms with Gasteiger partial charge in [0.15, 0.2) is 0 Å². The fourth-order valence-electron chi connectivity index (χ4n) is 4.23. The molecule has 7 nitrogen and oxygen atoms in total. The Hall–Kier alpha value is -2.20. The lowest BCUT2D eigenvalue weighted by Crippen LogP contribution is -2.35. The summed E-state index contributed by atoms with van der Waals surface area (Å²) in [6.45, 7) is 4.89. The van der Waals surface area contributed by atoms with E-state index in [1.54, 1.807) is 23.7 Å². The first-order valence-electron chi connectivity index (χ1n) is 10.3. The van der Waals surface area contributed by atoms with Gasteiger partial charge in [0.25, 0.3) is 0 Å². The normalized spacial score (nSPS) is 15.8. The first kappa shape index (κ1) is 23.0. The average molecular weight is 521 g/mol. The van der Waals surface area contributed by atoms with Crippen LogP contribution in [0.3, 0.4) is 0 Å². The number of phenolic OH excluding ortho intramolecular Hbond substituents is 1. The molecule has 2 aromatic carbocycles. The van der Waals surface area contributed by atoms with Gasteiger partial charge in [-0.25, -0.2) is 4.79 Å². The van der Waals surface area contributed by atoms with Crippen LogP contribution in [0.4, 0.5) is 0 Å². The van der Waals surface area contributed by atoms with Crippen LogP contribution < -0.4 is 0 Å². The van der Waals surface area contributed by atoms with Crippen LogP contribution in [0, 0.1) is 6.92 Å². The second-order valence-electron chi connectivity index (χ2n) is 7.91. The van der Waals surface area contributed by atoms with Crippen molar-refractivity contribution in [3.05, 3.63) is 57.2 Å². The highest BCUT2D eigenvalue weighted by molar-refractivity contribution is 9.10. The zero-order valence-corrected chi connectivity index (χ0v) is 20.3. The Bertz CT molecular complexity index is 1220. The van der Waals surface area contributed by atoms with Crippen molar-refractivity contribution < 1.29 is 24.0 Å². The van der Waals surface area contributed by atoms with E-state index < -0.39 is 16.8 Å². The lowest BCUT2D eigenvalue weighted by atomic mass is 10.0. The Morgan fingerprint density at radius 3 is 2.59 bits per heavy atom. The minimum atomic E-state index is -1.42. The average Bonchev–Trinajstić information content (AvgIpc) is 3.04. The molecule has 3 aromatic rings. The van der Waals surface area contributed by atoms with Crippen molar-refractivity contribution in [2.24, 2.45) is 7.05 Å².